The fourth-order valence-corrected chi connectivity index (χ4v) is 1.13. The average Bonchev–Trinajstić information content (AvgIpc) is 2.14. The molecule has 1 aromatic heterocycles. The van der Waals surface area contributed by atoms with Gasteiger partial charge in [-0.2, -0.15) is 0 Å². The van der Waals surface area contributed by atoms with E-state index in [1.807, 2.05) is 6.07 Å². The average molecular weight is 276 g/mol. The number of rotatable bonds is 0. The highest BCUT2D eigenvalue weighted by molar-refractivity contribution is 8.13. The van der Waals surface area contributed by atoms with Crippen LogP contribution in [0.25, 0.3) is 10.9 Å². The Morgan fingerprint density at radius 2 is 1.82 bits per heavy atom. The molecule has 0 amide bonds. The Morgan fingerprint density at radius 1 is 1.29 bits per heavy atom. The van der Waals surface area contributed by atoms with E-state index in [-0.39, 0.29) is 5.63 Å². The third-order valence-electron chi connectivity index (χ3n) is 1.64. The maximum Gasteiger partial charge on any atom is 0.346 e. The molecule has 0 saturated heterocycles. The van der Waals surface area contributed by atoms with Crippen LogP contribution in [0, 0.1) is 6.92 Å². The first kappa shape index (κ1) is 13.7. The van der Waals surface area contributed by atoms with Crippen LogP contribution >= 0.6 is 10.7 Å². The van der Waals surface area contributed by atoms with E-state index >= 15 is 0 Å². The molecule has 7 heteroatoms. The second-order valence-corrected chi connectivity index (χ2v) is 6.26. The van der Waals surface area contributed by atoms with Gasteiger partial charge in [0.1, 0.15) is 0 Å². The lowest BCUT2D eigenvalue weighted by Crippen LogP contribution is -2.02. The van der Waals surface area contributed by atoms with Gasteiger partial charge in [0, 0.05) is 17.6 Å². The molecule has 0 spiro atoms. The van der Waals surface area contributed by atoms with Gasteiger partial charge in [0.25, 0.3) is 0 Å². The van der Waals surface area contributed by atoms with Crippen molar-refractivity contribution >= 4 is 30.6 Å². The molecule has 92 valence electrons. The number of hydrogen-bond donors (Lipinski definition) is 0. The van der Waals surface area contributed by atoms with Gasteiger partial charge in [-0.15, -0.1) is 0 Å². The van der Waals surface area contributed by atoms with E-state index < -0.39 is 9.05 Å². The normalized spacial score (nSPS) is 10.8. The third-order valence-corrected chi connectivity index (χ3v) is 1.64. The van der Waals surface area contributed by atoms with E-state index in [4.69, 9.17) is 4.42 Å². The minimum Gasteiger partial charge on any atom is -0.408 e. The first-order valence-electron chi connectivity index (χ1n) is 4.53. The van der Waals surface area contributed by atoms with Crippen molar-refractivity contribution < 1.29 is 12.8 Å². The summed E-state index contributed by atoms with van der Waals surface area (Å²) in [7, 11) is 1.31. The summed E-state index contributed by atoms with van der Waals surface area (Å²) in [6.45, 7) is 1.66. The Labute approximate surface area is 102 Å². The highest BCUT2D eigenvalue weighted by atomic mass is 35.7. The van der Waals surface area contributed by atoms with Crippen molar-refractivity contribution in [2.24, 2.45) is 0 Å². The molecule has 17 heavy (non-hydrogen) atoms. The minimum atomic E-state index is -3.19. The third kappa shape index (κ3) is 4.97. The number of fused-ring (bicyclic) bond motifs is 1. The van der Waals surface area contributed by atoms with E-state index in [2.05, 4.69) is 15.7 Å². The number of aryl methyl sites for hydroxylation is 1. The molecule has 0 bridgehead atoms. The van der Waals surface area contributed by atoms with Gasteiger partial charge in [-0.1, -0.05) is 12.1 Å². The molecule has 0 N–H and O–H groups in total. The summed E-state index contributed by atoms with van der Waals surface area (Å²) < 4.78 is 23.6. The zero-order chi connectivity index (χ0) is 13.1. The summed E-state index contributed by atoms with van der Waals surface area (Å²) in [5.41, 5.74) is 0.365. The minimum absolute atomic E-state index is 0.321. The SMILES string of the molecule is CS(=O)(=O)Cl.Cc1nc2ccccc2c(=O)o1. The summed E-state index contributed by atoms with van der Waals surface area (Å²) >= 11 is 0. The fourth-order valence-electron chi connectivity index (χ4n) is 1.13. The second kappa shape index (κ2) is 5.29. The molecule has 0 radical (unpaired) electrons. The number of benzene rings is 1. The van der Waals surface area contributed by atoms with Crippen molar-refractivity contribution in [3.8, 4) is 0 Å². The van der Waals surface area contributed by atoms with E-state index in [0.29, 0.717) is 16.8 Å². The standard InChI is InChI=1S/C9H7NO2.CH3ClO2S/c1-6-10-8-5-3-2-4-7(8)9(11)12-6;1-5(2,3)4/h2-5H,1H3;1H3. The Bertz CT molecular complexity index is 670. The summed E-state index contributed by atoms with van der Waals surface area (Å²) in [6.07, 6.45) is 0.925. The summed E-state index contributed by atoms with van der Waals surface area (Å²) in [5, 5.41) is 0.531. The number of nitrogens with zero attached hydrogens (tertiary/aromatic N) is 1. The van der Waals surface area contributed by atoms with Crippen LogP contribution in [-0.4, -0.2) is 19.7 Å². The van der Waals surface area contributed by atoms with Gasteiger partial charge < -0.3 is 4.42 Å². The van der Waals surface area contributed by atoms with Crippen LogP contribution in [-0.2, 0) is 9.05 Å². The van der Waals surface area contributed by atoms with Crippen molar-refractivity contribution in [1.29, 1.82) is 0 Å². The monoisotopic (exact) mass is 275 g/mol. The predicted molar refractivity (Wildman–Crippen MR) is 65.7 cm³/mol. The summed E-state index contributed by atoms with van der Waals surface area (Å²) in [6, 6.07) is 7.12. The number of halogens is 1. The van der Waals surface area contributed by atoms with Gasteiger partial charge in [0.2, 0.25) is 9.05 Å². The van der Waals surface area contributed by atoms with Crippen LogP contribution in [0.15, 0.2) is 33.5 Å². The molecule has 2 rings (SSSR count). The molecule has 0 aliphatic rings. The lowest BCUT2D eigenvalue weighted by atomic mass is 10.2. The fraction of sp³-hybridized carbons (Fsp3) is 0.200. The number of hydrogen-bond acceptors (Lipinski definition) is 5. The van der Waals surface area contributed by atoms with E-state index in [0.717, 1.165) is 6.26 Å². The Hall–Kier alpha value is -1.40. The van der Waals surface area contributed by atoms with Crippen LogP contribution < -0.4 is 5.63 Å². The van der Waals surface area contributed by atoms with Crippen molar-refractivity contribution in [2.45, 2.75) is 6.92 Å². The topological polar surface area (TPSA) is 77.2 Å². The molecule has 0 saturated carbocycles. The molecule has 2 aromatic rings. The van der Waals surface area contributed by atoms with Gasteiger partial charge in [-0.25, -0.2) is 18.2 Å². The first-order valence-corrected chi connectivity index (χ1v) is 7.25. The second-order valence-electron chi connectivity index (χ2n) is 3.22. The molecule has 0 fully saturated rings. The number of aromatic nitrogens is 1. The summed E-state index contributed by atoms with van der Waals surface area (Å²) in [4.78, 5) is 15.3. The zero-order valence-electron chi connectivity index (χ0n) is 9.18. The van der Waals surface area contributed by atoms with Crippen LogP contribution in [0.5, 0.6) is 0 Å². The predicted octanol–water partition coefficient (Wildman–Crippen LogP) is 1.68. The van der Waals surface area contributed by atoms with Crippen LogP contribution in [0.3, 0.4) is 0 Å². The summed E-state index contributed by atoms with van der Waals surface area (Å²) in [5.74, 6) is 0.402. The van der Waals surface area contributed by atoms with Gasteiger partial charge in [0.15, 0.2) is 5.89 Å². The highest BCUT2D eigenvalue weighted by Gasteiger charge is 2.00. The van der Waals surface area contributed by atoms with Crippen molar-refractivity contribution in [3.05, 3.63) is 40.6 Å². The van der Waals surface area contributed by atoms with Gasteiger partial charge in [0.05, 0.1) is 17.2 Å². The van der Waals surface area contributed by atoms with Crippen LogP contribution in [0.1, 0.15) is 5.89 Å². The van der Waals surface area contributed by atoms with Crippen LogP contribution in [0.2, 0.25) is 0 Å². The van der Waals surface area contributed by atoms with Crippen molar-refractivity contribution in [2.75, 3.05) is 6.26 Å². The maximum absolute atomic E-state index is 11.2. The Balaban J connectivity index is 0.000000249. The van der Waals surface area contributed by atoms with Gasteiger partial charge in [-0.05, 0) is 12.1 Å². The zero-order valence-corrected chi connectivity index (χ0v) is 10.7. The Kier molecular flexibility index (Phi) is 4.25. The smallest absolute Gasteiger partial charge is 0.346 e. The molecular weight excluding hydrogens is 266 g/mol. The Morgan fingerprint density at radius 3 is 2.41 bits per heavy atom. The largest absolute Gasteiger partial charge is 0.408 e. The first-order chi connectivity index (χ1) is 7.77. The lowest BCUT2D eigenvalue weighted by Gasteiger charge is -1.94. The molecule has 1 aromatic carbocycles. The molecule has 0 aliphatic heterocycles. The molecule has 0 atom stereocenters. The van der Waals surface area contributed by atoms with Crippen LogP contribution in [0.4, 0.5) is 0 Å². The molecule has 1 heterocycles. The molecule has 0 unspecified atom stereocenters. The molecule has 0 aliphatic carbocycles. The molecule has 5 nitrogen and oxygen atoms in total. The van der Waals surface area contributed by atoms with Gasteiger partial charge >= 0.3 is 5.63 Å². The lowest BCUT2D eigenvalue weighted by molar-refractivity contribution is 0.467. The van der Waals surface area contributed by atoms with E-state index in [1.54, 1.807) is 25.1 Å². The van der Waals surface area contributed by atoms with E-state index in [9.17, 15) is 13.2 Å². The van der Waals surface area contributed by atoms with Crippen molar-refractivity contribution in [1.82, 2.24) is 4.98 Å². The highest BCUT2D eigenvalue weighted by Crippen LogP contribution is 2.05. The van der Waals surface area contributed by atoms with E-state index in [1.165, 1.54) is 0 Å². The van der Waals surface area contributed by atoms with Gasteiger partial charge in [-0.3, -0.25) is 0 Å². The number of para-hydroxylation sites is 1. The quantitative estimate of drug-likeness (QED) is 0.684. The maximum atomic E-state index is 11.2. The van der Waals surface area contributed by atoms with Crippen molar-refractivity contribution in [3.63, 3.8) is 0 Å². The molecular formula is C10H10ClNO4S.